The lowest BCUT2D eigenvalue weighted by Crippen LogP contribution is -2.39. The Hall–Kier alpha value is -1.18. The number of anilines is 1. The van der Waals surface area contributed by atoms with Crippen molar-refractivity contribution in [2.24, 2.45) is 11.7 Å². The smallest absolute Gasteiger partial charge is 0.244 e. The van der Waals surface area contributed by atoms with Gasteiger partial charge in [0.2, 0.25) is 5.95 Å². The molecule has 3 N–H and O–H groups in total. The van der Waals surface area contributed by atoms with E-state index in [2.05, 4.69) is 20.1 Å². The number of rotatable bonds is 3. The highest BCUT2D eigenvalue weighted by Crippen LogP contribution is 2.22. The van der Waals surface area contributed by atoms with Gasteiger partial charge in [-0.3, -0.25) is 5.10 Å². The third-order valence-corrected chi connectivity index (χ3v) is 3.75. The van der Waals surface area contributed by atoms with Crippen molar-refractivity contribution in [2.45, 2.75) is 18.9 Å². The number of aromatic amines is 1. The van der Waals surface area contributed by atoms with E-state index in [0.29, 0.717) is 25.7 Å². The first-order chi connectivity index (χ1) is 9.36. The fraction of sp³-hybridized carbons (Fsp3) is 0.833. The van der Waals surface area contributed by atoms with Crippen molar-refractivity contribution >= 4 is 5.95 Å². The van der Waals surface area contributed by atoms with Crippen LogP contribution in [0.3, 0.4) is 0 Å². The van der Waals surface area contributed by atoms with Gasteiger partial charge in [-0.2, -0.15) is 4.98 Å². The van der Waals surface area contributed by atoms with Gasteiger partial charge in [-0.05, 0) is 25.3 Å². The summed E-state index contributed by atoms with van der Waals surface area (Å²) in [4.78, 5) is 6.74. The maximum Gasteiger partial charge on any atom is 0.244 e. The third kappa shape index (κ3) is 2.88. The maximum atomic E-state index is 5.75. The zero-order chi connectivity index (χ0) is 13.1. The summed E-state index contributed by atoms with van der Waals surface area (Å²) in [6.07, 6.45) is 2.23. The van der Waals surface area contributed by atoms with Crippen LogP contribution in [0.25, 0.3) is 0 Å². The lowest BCUT2D eigenvalue weighted by Gasteiger charge is -2.31. The lowest BCUT2D eigenvalue weighted by molar-refractivity contribution is -0.0933. The number of nitrogens with zero attached hydrogens (tertiary/aromatic N) is 3. The molecule has 0 aromatic carbocycles. The van der Waals surface area contributed by atoms with Crippen molar-refractivity contribution in [1.29, 1.82) is 0 Å². The van der Waals surface area contributed by atoms with Gasteiger partial charge < -0.3 is 20.1 Å². The number of nitrogens with two attached hydrogens (primary N) is 1. The Kier molecular flexibility index (Phi) is 3.95. The average Bonchev–Trinajstić information content (AvgIpc) is 2.98. The van der Waals surface area contributed by atoms with Crippen LogP contribution < -0.4 is 10.6 Å². The summed E-state index contributed by atoms with van der Waals surface area (Å²) in [6, 6.07) is 0. The van der Waals surface area contributed by atoms with Crippen LogP contribution in [-0.4, -0.2) is 54.6 Å². The van der Waals surface area contributed by atoms with E-state index < -0.39 is 0 Å². The largest absolute Gasteiger partial charge is 0.376 e. The monoisotopic (exact) mass is 267 g/mol. The Labute approximate surface area is 112 Å². The van der Waals surface area contributed by atoms with Crippen LogP contribution in [0.5, 0.6) is 0 Å². The van der Waals surface area contributed by atoms with Crippen molar-refractivity contribution in [3.63, 3.8) is 0 Å². The number of nitrogens with one attached hydrogen (secondary N) is 1. The topological polar surface area (TPSA) is 89.3 Å². The molecule has 2 fully saturated rings. The minimum absolute atomic E-state index is 0.120. The van der Waals surface area contributed by atoms with E-state index in [1.165, 1.54) is 6.42 Å². The minimum atomic E-state index is -0.120. The van der Waals surface area contributed by atoms with Crippen molar-refractivity contribution < 1.29 is 9.47 Å². The number of H-pyrrole nitrogens is 1. The van der Waals surface area contributed by atoms with Crippen LogP contribution in [0.15, 0.2) is 0 Å². The first-order valence-corrected chi connectivity index (χ1v) is 6.93. The van der Waals surface area contributed by atoms with Crippen LogP contribution >= 0.6 is 0 Å². The summed E-state index contributed by atoms with van der Waals surface area (Å²) in [6.45, 7) is 4.47. The molecule has 106 valence electrons. The molecule has 0 aliphatic carbocycles. The summed E-state index contributed by atoms with van der Waals surface area (Å²) in [5, 5.41) is 7.26. The van der Waals surface area contributed by atoms with Gasteiger partial charge in [-0.25, -0.2) is 0 Å². The number of ether oxygens (including phenoxy) is 2. The van der Waals surface area contributed by atoms with Gasteiger partial charge in [0, 0.05) is 13.1 Å². The number of aromatic nitrogens is 3. The van der Waals surface area contributed by atoms with Crippen molar-refractivity contribution in [3.8, 4) is 0 Å². The lowest BCUT2D eigenvalue weighted by atomic mass is 9.99. The highest BCUT2D eigenvalue weighted by Gasteiger charge is 2.25. The fourth-order valence-electron chi connectivity index (χ4n) is 2.64. The molecule has 2 unspecified atom stereocenters. The fourth-order valence-corrected chi connectivity index (χ4v) is 2.64. The van der Waals surface area contributed by atoms with Crippen molar-refractivity contribution in [2.75, 3.05) is 44.4 Å². The predicted octanol–water partition coefficient (Wildman–Crippen LogP) is 0.0677. The van der Waals surface area contributed by atoms with Crippen molar-refractivity contribution in [1.82, 2.24) is 15.2 Å². The predicted molar refractivity (Wildman–Crippen MR) is 69.9 cm³/mol. The van der Waals surface area contributed by atoms with Crippen LogP contribution in [0.2, 0.25) is 0 Å². The second kappa shape index (κ2) is 5.85. The van der Waals surface area contributed by atoms with Gasteiger partial charge in [0.1, 0.15) is 6.10 Å². The summed E-state index contributed by atoms with van der Waals surface area (Å²) in [5.41, 5.74) is 5.75. The van der Waals surface area contributed by atoms with Crippen LogP contribution in [0.1, 0.15) is 24.8 Å². The Morgan fingerprint density at radius 2 is 2.37 bits per heavy atom. The molecule has 2 aliphatic rings. The van der Waals surface area contributed by atoms with Crippen LogP contribution in [0.4, 0.5) is 5.95 Å². The summed E-state index contributed by atoms with van der Waals surface area (Å²) >= 11 is 0. The summed E-state index contributed by atoms with van der Waals surface area (Å²) < 4.78 is 11.0. The second-order valence-corrected chi connectivity index (χ2v) is 5.14. The zero-order valence-corrected chi connectivity index (χ0v) is 11.0. The van der Waals surface area contributed by atoms with E-state index in [4.69, 9.17) is 15.2 Å². The van der Waals surface area contributed by atoms with Gasteiger partial charge in [-0.1, -0.05) is 0 Å². The van der Waals surface area contributed by atoms with E-state index in [1.54, 1.807) is 0 Å². The first kappa shape index (κ1) is 12.8. The molecule has 0 saturated carbocycles. The third-order valence-electron chi connectivity index (χ3n) is 3.75. The number of piperidine rings is 1. The molecule has 7 heteroatoms. The van der Waals surface area contributed by atoms with Gasteiger partial charge in [0.05, 0.1) is 19.8 Å². The summed E-state index contributed by atoms with van der Waals surface area (Å²) in [5.74, 6) is 2.05. The molecular weight excluding hydrogens is 246 g/mol. The number of hydrogen-bond donors (Lipinski definition) is 2. The summed E-state index contributed by atoms with van der Waals surface area (Å²) in [7, 11) is 0. The van der Waals surface area contributed by atoms with Crippen molar-refractivity contribution in [3.05, 3.63) is 5.82 Å². The molecular formula is C12H21N5O2. The quantitative estimate of drug-likeness (QED) is 0.805. The highest BCUT2D eigenvalue weighted by molar-refractivity contribution is 5.30. The standard InChI is InChI=1S/C12H21N5O2/c13-6-9-2-1-3-17(7-9)12-14-11(15-16-12)10-8-18-4-5-19-10/h9-10H,1-8,13H2,(H,14,15,16). The minimum Gasteiger partial charge on any atom is -0.376 e. The Balaban J connectivity index is 1.66. The molecule has 2 atom stereocenters. The normalized spacial score (nSPS) is 28.6. The molecule has 0 radical (unpaired) electrons. The average molecular weight is 267 g/mol. The molecule has 1 aromatic heterocycles. The molecule has 2 saturated heterocycles. The Morgan fingerprint density at radius 3 is 3.16 bits per heavy atom. The van der Waals surface area contributed by atoms with Gasteiger partial charge in [0.25, 0.3) is 0 Å². The molecule has 2 aliphatic heterocycles. The zero-order valence-electron chi connectivity index (χ0n) is 11.0. The maximum absolute atomic E-state index is 5.75. The van der Waals surface area contributed by atoms with E-state index in [9.17, 15) is 0 Å². The molecule has 0 bridgehead atoms. The molecule has 3 rings (SSSR count). The second-order valence-electron chi connectivity index (χ2n) is 5.14. The van der Waals surface area contributed by atoms with E-state index >= 15 is 0 Å². The van der Waals surface area contributed by atoms with Gasteiger partial charge >= 0.3 is 0 Å². The SMILES string of the molecule is NCC1CCCN(c2n[nH]c(C3COCCO3)n2)C1. The van der Waals surface area contributed by atoms with E-state index in [-0.39, 0.29) is 6.10 Å². The molecule has 7 nitrogen and oxygen atoms in total. The highest BCUT2D eigenvalue weighted by atomic mass is 16.6. The van der Waals surface area contributed by atoms with Crippen LogP contribution in [0, 0.1) is 5.92 Å². The van der Waals surface area contributed by atoms with Gasteiger partial charge in [-0.15, -0.1) is 5.10 Å². The first-order valence-electron chi connectivity index (χ1n) is 6.93. The Bertz CT molecular complexity index is 405. The molecule has 0 amide bonds. The van der Waals surface area contributed by atoms with E-state index in [0.717, 1.165) is 37.8 Å². The van der Waals surface area contributed by atoms with Gasteiger partial charge in [0.15, 0.2) is 5.82 Å². The molecule has 1 aromatic rings. The Morgan fingerprint density at radius 1 is 1.42 bits per heavy atom. The van der Waals surface area contributed by atoms with E-state index in [1.807, 2.05) is 0 Å². The molecule has 0 spiro atoms. The molecule has 19 heavy (non-hydrogen) atoms. The number of hydrogen-bond acceptors (Lipinski definition) is 6. The molecule has 3 heterocycles. The van der Waals surface area contributed by atoms with Crippen LogP contribution in [-0.2, 0) is 9.47 Å².